The van der Waals surface area contributed by atoms with Crippen molar-refractivity contribution < 1.29 is 13.2 Å². The smallest absolute Gasteiger partial charge is 0.264 e. The summed E-state index contributed by atoms with van der Waals surface area (Å²) >= 11 is 5.92. The van der Waals surface area contributed by atoms with Gasteiger partial charge in [0.1, 0.15) is 6.54 Å². The van der Waals surface area contributed by atoms with Gasteiger partial charge in [-0.15, -0.1) is 0 Å². The molecule has 1 aliphatic rings. The number of sulfonamides is 1. The van der Waals surface area contributed by atoms with E-state index in [1.807, 2.05) is 31.2 Å². The van der Waals surface area contributed by atoms with Crippen molar-refractivity contribution >= 4 is 38.9 Å². The second-order valence-corrected chi connectivity index (χ2v) is 9.55. The van der Waals surface area contributed by atoms with Crippen molar-refractivity contribution in [3.8, 4) is 0 Å². The number of carbonyl (C=O) groups is 1. The van der Waals surface area contributed by atoms with Gasteiger partial charge in [-0.3, -0.25) is 9.10 Å². The predicted molar refractivity (Wildman–Crippen MR) is 120 cm³/mol. The number of hydrogen-bond acceptors (Lipinski definition) is 3. The third-order valence-corrected chi connectivity index (χ3v) is 7.24. The summed E-state index contributed by atoms with van der Waals surface area (Å²) in [6.45, 7) is 1.67. The van der Waals surface area contributed by atoms with E-state index in [1.165, 1.54) is 24.3 Å². The highest BCUT2D eigenvalue weighted by molar-refractivity contribution is 7.92. The highest BCUT2D eigenvalue weighted by Gasteiger charge is 2.34. The Morgan fingerprint density at radius 2 is 1.63 bits per heavy atom. The first-order valence-electron chi connectivity index (χ1n) is 9.61. The maximum Gasteiger partial charge on any atom is 0.264 e. The summed E-state index contributed by atoms with van der Waals surface area (Å²) in [5.74, 6) is -0.270. The van der Waals surface area contributed by atoms with Crippen molar-refractivity contribution in [2.24, 2.45) is 0 Å². The Morgan fingerprint density at radius 3 is 2.33 bits per heavy atom. The van der Waals surface area contributed by atoms with Gasteiger partial charge in [0, 0.05) is 16.8 Å². The van der Waals surface area contributed by atoms with Crippen LogP contribution in [-0.2, 0) is 21.2 Å². The lowest BCUT2D eigenvalue weighted by molar-refractivity contribution is -0.117. The van der Waals surface area contributed by atoms with Gasteiger partial charge in [0.25, 0.3) is 10.0 Å². The van der Waals surface area contributed by atoms with Gasteiger partial charge in [0.2, 0.25) is 5.91 Å². The summed E-state index contributed by atoms with van der Waals surface area (Å²) in [4.78, 5) is 15.1. The zero-order chi connectivity index (χ0) is 21.3. The van der Waals surface area contributed by atoms with Gasteiger partial charge in [-0.05, 0) is 61.4 Å². The van der Waals surface area contributed by atoms with Gasteiger partial charge in [-0.2, -0.15) is 0 Å². The average Bonchev–Trinajstić information content (AvgIpc) is 3.08. The lowest BCUT2D eigenvalue weighted by Gasteiger charge is -2.29. The minimum Gasteiger partial charge on any atom is -0.307 e. The number of benzene rings is 3. The van der Waals surface area contributed by atoms with Crippen LogP contribution in [0.5, 0.6) is 0 Å². The van der Waals surface area contributed by atoms with Gasteiger partial charge in [0.15, 0.2) is 0 Å². The summed E-state index contributed by atoms with van der Waals surface area (Å²) in [5.41, 5.74) is 2.36. The number of carbonyl (C=O) groups excluding carboxylic acids is 1. The van der Waals surface area contributed by atoms with Crippen LogP contribution in [0.4, 0.5) is 11.4 Å². The van der Waals surface area contributed by atoms with E-state index in [0.29, 0.717) is 10.7 Å². The molecule has 4 rings (SSSR count). The minimum atomic E-state index is -3.96. The van der Waals surface area contributed by atoms with E-state index >= 15 is 0 Å². The number of anilines is 2. The number of nitrogens with zero attached hydrogens (tertiary/aromatic N) is 2. The van der Waals surface area contributed by atoms with E-state index < -0.39 is 10.0 Å². The number of rotatable bonds is 5. The second kappa shape index (κ2) is 8.13. The molecule has 1 atom stereocenters. The number of halogens is 1. The zero-order valence-electron chi connectivity index (χ0n) is 16.4. The molecule has 0 N–H and O–H groups in total. The quantitative estimate of drug-likeness (QED) is 0.586. The number of amides is 1. The molecule has 0 saturated heterocycles. The fraction of sp³-hybridized carbons (Fsp3) is 0.174. The van der Waals surface area contributed by atoms with Gasteiger partial charge >= 0.3 is 0 Å². The average molecular weight is 441 g/mol. The summed E-state index contributed by atoms with van der Waals surface area (Å²) in [6, 6.07) is 22.3. The van der Waals surface area contributed by atoms with Crippen LogP contribution >= 0.6 is 11.6 Å². The fourth-order valence-electron chi connectivity index (χ4n) is 3.79. The van der Waals surface area contributed by atoms with Crippen LogP contribution in [0.15, 0.2) is 83.8 Å². The SMILES string of the molecule is CC1Cc2ccccc2N1C(=O)CN(c1ccccc1)S(=O)(=O)c1ccc(Cl)cc1. The Hall–Kier alpha value is -2.83. The van der Waals surface area contributed by atoms with E-state index in [0.717, 1.165) is 22.0 Å². The van der Waals surface area contributed by atoms with E-state index in [1.54, 1.807) is 35.2 Å². The fourth-order valence-corrected chi connectivity index (χ4v) is 5.33. The van der Waals surface area contributed by atoms with Crippen LogP contribution in [0, 0.1) is 0 Å². The Morgan fingerprint density at radius 1 is 1.00 bits per heavy atom. The van der Waals surface area contributed by atoms with Gasteiger partial charge in [-0.1, -0.05) is 48.0 Å². The molecule has 1 heterocycles. The lowest BCUT2D eigenvalue weighted by Crippen LogP contribution is -2.45. The molecule has 1 aliphatic heterocycles. The molecule has 0 aliphatic carbocycles. The molecule has 0 radical (unpaired) electrons. The van der Waals surface area contributed by atoms with Crippen LogP contribution in [-0.4, -0.2) is 26.9 Å². The first kappa shape index (κ1) is 20.4. The maximum atomic E-state index is 13.4. The standard InChI is InChI=1S/C23H21ClN2O3S/c1-17-15-18-7-5-6-10-22(18)26(17)23(27)16-25(20-8-3-2-4-9-20)30(28,29)21-13-11-19(24)12-14-21/h2-14,17H,15-16H2,1H3. The summed E-state index contributed by atoms with van der Waals surface area (Å²) < 4.78 is 28.0. The van der Waals surface area contributed by atoms with Crippen LogP contribution in [0.1, 0.15) is 12.5 Å². The molecule has 0 saturated carbocycles. The monoisotopic (exact) mass is 440 g/mol. The number of para-hydroxylation sites is 2. The molecule has 3 aromatic rings. The van der Waals surface area contributed by atoms with Crippen LogP contribution < -0.4 is 9.21 Å². The highest BCUT2D eigenvalue weighted by atomic mass is 35.5. The Kier molecular flexibility index (Phi) is 5.54. The molecule has 1 unspecified atom stereocenters. The van der Waals surface area contributed by atoms with Gasteiger partial charge in [-0.25, -0.2) is 8.42 Å². The Bertz CT molecular complexity index is 1160. The largest absolute Gasteiger partial charge is 0.307 e. The molecular formula is C23H21ClN2O3S. The summed E-state index contributed by atoms with van der Waals surface area (Å²) in [7, 11) is -3.96. The lowest BCUT2D eigenvalue weighted by atomic mass is 10.1. The van der Waals surface area contributed by atoms with E-state index in [9.17, 15) is 13.2 Å². The van der Waals surface area contributed by atoms with Crippen molar-refractivity contribution in [3.63, 3.8) is 0 Å². The molecule has 7 heteroatoms. The minimum absolute atomic E-state index is 0.0363. The van der Waals surface area contributed by atoms with E-state index in [-0.39, 0.29) is 23.4 Å². The second-order valence-electron chi connectivity index (χ2n) is 7.25. The molecule has 0 aromatic heterocycles. The van der Waals surface area contributed by atoms with Crippen LogP contribution in [0.3, 0.4) is 0 Å². The summed E-state index contributed by atoms with van der Waals surface area (Å²) in [5, 5.41) is 0.443. The predicted octanol–water partition coefficient (Wildman–Crippen LogP) is 4.51. The molecule has 0 bridgehead atoms. The van der Waals surface area contributed by atoms with E-state index in [2.05, 4.69) is 0 Å². The maximum absolute atomic E-state index is 13.4. The first-order valence-corrected chi connectivity index (χ1v) is 11.4. The molecule has 1 amide bonds. The van der Waals surface area contributed by atoms with Crippen LogP contribution in [0.2, 0.25) is 5.02 Å². The van der Waals surface area contributed by atoms with Crippen molar-refractivity contribution in [1.29, 1.82) is 0 Å². The third-order valence-electron chi connectivity index (χ3n) is 5.20. The zero-order valence-corrected chi connectivity index (χ0v) is 18.0. The summed E-state index contributed by atoms with van der Waals surface area (Å²) in [6.07, 6.45) is 0.747. The van der Waals surface area contributed by atoms with E-state index in [4.69, 9.17) is 11.6 Å². The third kappa shape index (κ3) is 3.80. The Balaban J connectivity index is 1.71. The normalized spacial score (nSPS) is 15.7. The first-order chi connectivity index (χ1) is 14.4. The van der Waals surface area contributed by atoms with Crippen molar-refractivity contribution in [1.82, 2.24) is 0 Å². The van der Waals surface area contributed by atoms with Gasteiger partial charge in [0.05, 0.1) is 10.6 Å². The molecule has 0 fully saturated rings. The number of hydrogen-bond donors (Lipinski definition) is 0. The molecular weight excluding hydrogens is 420 g/mol. The molecule has 30 heavy (non-hydrogen) atoms. The molecule has 154 valence electrons. The highest BCUT2D eigenvalue weighted by Crippen LogP contribution is 2.33. The molecule has 5 nitrogen and oxygen atoms in total. The molecule has 0 spiro atoms. The number of fused-ring (bicyclic) bond motifs is 1. The van der Waals surface area contributed by atoms with Crippen molar-refractivity contribution in [2.45, 2.75) is 24.3 Å². The van der Waals surface area contributed by atoms with Crippen molar-refractivity contribution in [2.75, 3.05) is 15.7 Å². The topological polar surface area (TPSA) is 57.7 Å². The van der Waals surface area contributed by atoms with Crippen LogP contribution in [0.25, 0.3) is 0 Å². The van der Waals surface area contributed by atoms with Gasteiger partial charge < -0.3 is 4.90 Å². The Labute approximate surface area is 181 Å². The van der Waals surface area contributed by atoms with Crippen molar-refractivity contribution in [3.05, 3.63) is 89.4 Å². The molecule has 3 aromatic carbocycles.